The van der Waals surface area contributed by atoms with Gasteiger partial charge in [-0.3, -0.25) is 14.9 Å². The molecule has 0 atom stereocenters. The Morgan fingerprint density at radius 2 is 1.82 bits per heavy atom. The predicted octanol–water partition coefficient (Wildman–Crippen LogP) is 3.64. The summed E-state index contributed by atoms with van der Waals surface area (Å²) in [6, 6.07) is 10.9. The number of carbonyl (C=O) groups excluding carboxylic acids is 2. The SMILES string of the molecule is O=C(COC(=O)c1cc(Cl)ccc1[N+](=O)[O-])Nc1ccc(N2CCCC2)cc1. The van der Waals surface area contributed by atoms with Crippen LogP contribution in [0.5, 0.6) is 0 Å². The monoisotopic (exact) mass is 403 g/mol. The van der Waals surface area contributed by atoms with Crippen molar-refractivity contribution in [1.82, 2.24) is 0 Å². The quantitative estimate of drug-likeness (QED) is 0.448. The first-order valence-electron chi connectivity index (χ1n) is 8.70. The Kier molecular flexibility index (Phi) is 6.10. The van der Waals surface area contributed by atoms with E-state index in [-0.39, 0.29) is 10.6 Å². The van der Waals surface area contributed by atoms with Crippen LogP contribution in [-0.4, -0.2) is 36.5 Å². The second-order valence-corrected chi connectivity index (χ2v) is 6.72. The number of esters is 1. The van der Waals surface area contributed by atoms with E-state index in [1.54, 1.807) is 12.1 Å². The van der Waals surface area contributed by atoms with Gasteiger partial charge in [0.05, 0.1) is 4.92 Å². The maximum atomic E-state index is 12.1. The van der Waals surface area contributed by atoms with Crippen molar-refractivity contribution in [3.05, 3.63) is 63.2 Å². The molecule has 0 spiro atoms. The lowest BCUT2D eigenvalue weighted by molar-refractivity contribution is -0.385. The maximum Gasteiger partial charge on any atom is 0.345 e. The molecule has 2 aromatic rings. The number of hydrogen-bond donors (Lipinski definition) is 1. The second-order valence-electron chi connectivity index (χ2n) is 6.28. The van der Waals surface area contributed by atoms with Crippen LogP contribution in [0.25, 0.3) is 0 Å². The molecule has 0 aromatic heterocycles. The zero-order chi connectivity index (χ0) is 20.1. The lowest BCUT2D eigenvalue weighted by atomic mass is 10.2. The number of amides is 1. The topological polar surface area (TPSA) is 102 Å². The third kappa shape index (κ3) is 4.77. The standard InChI is InChI=1S/C19H18ClN3O5/c20-13-3-8-17(23(26)27)16(11-13)19(25)28-12-18(24)21-14-4-6-15(7-5-14)22-9-1-2-10-22/h3-8,11H,1-2,9-10,12H2,(H,21,24). The van der Waals surface area contributed by atoms with Crippen molar-refractivity contribution >= 4 is 40.5 Å². The average Bonchev–Trinajstić information content (AvgIpc) is 3.21. The minimum absolute atomic E-state index is 0.153. The van der Waals surface area contributed by atoms with Crippen molar-refractivity contribution in [3.8, 4) is 0 Å². The van der Waals surface area contributed by atoms with Gasteiger partial charge in [-0.1, -0.05) is 11.6 Å². The van der Waals surface area contributed by atoms with E-state index >= 15 is 0 Å². The zero-order valence-corrected chi connectivity index (χ0v) is 15.6. The summed E-state index contributed by atoms with van der Waals surface area (Å²) in [6.45, 7) is 1.48. The summed E-state index contributed by atoms with van der Waals surface area (Å²) in [7, 11) is 0. The summed E-state index contributed by atoms with van der Waals surface area (Å²) in [4.78, 5) is 36.7. The summed E-state index contributed by atoms with van der Waals surface area (Å²) in [5, 5.41) is 13.8. The molecule has 0 bridgehead atoms. The van der Waals surface area contributed by atoms with E-state index in [2.05, 4.69) is 10.2 Å². The van der Waals surface area contributed by atoms with Crippen LogP contribution in [0.3, 0.4) is 0 Å². The van der Waals surface area contributed by atoms with Gasteiger partial charge in [0, 0.05) is 35.6 Å². The van der Waals surface area contributed by atoms with E-state index in [9.17, 15) is 19.7 Å². The molecule has 1 N–H and O–H groups in total. The van der Waals surface area contributed by atoms with Crippen molar-refractivity contribution in [2.75, 3.05) is 29.9 Å². The number of nitrogens with zero attached hydrogens (tertiary/aromatic N) is 2. The molecule has 1 aliphatic rings. The van der Waals surface area contributed by atoms with Crippen molar-refractivity contribution in [2.24, 2.45) is 0 Å². The van der Waals surface area contributed by atoms with E-state index in [0.717, 1.165) is 30.9 Å². The molecular weight excluding hydrogens is 386 g/mol. The molecule has 9 heteroatoms. The lowest BCUT2D eigenvalue weighted by Gasteiger charge is -2.17. The van der Waals surface area contributed by atoms with Gasteiger partial charge in [-0.05, 0) is 49.2 Å². The van der Waals surface area contributed by atoms with Crippen LogP contribution in [-0.2, 0) is 9.53 Å². The number of halogens is 1. The number of rotatable bonds is 6. The summed E-state index contributed by atoms with van der Waals surface area (Å²) < 4.78 is 4.89. The van der Waals surface area contributed by atoms with Crippen LogP contribution >= 0.6 is 11.6 Å². The Bertz CT molecular complexity index is 895. The fourth-order valence-electron chi connectivity index (χ4n) is 2.97. The van der Waals surface area contributed by atoms with Gasteiger partial charge < -0.3 is 15.0 Å². The third-order valence-electron chi connectivity index (χ3n) is 4.33. The van der Waals surface area contributed by atoms with Gasteiger partial charge in [0.2, 0.25) is 0 Å². The third-order valence-corrected chi connectivity index (χ3v) is 4.57. The Hall–Kier alpha value is -3.13. The fraction of sp³-hybridized carbons (Fsp3) is 0.263. The van der Waals surface area contributed by atoms with Crippen LogP contribution in [0.4, 0.5) is 17.1 Å². The molecule has 2 aromatic carbocycles. The van der Waals surface area contributed by atoms with Gasteiger partial charge in [-0.25, -0.2) is 4.79 Å². The minimum atomic E-state index is -0.992. The molecule has 1 aliphatic heterocycles. The first-order chi connectivity index (χ1) is 13.4. The van der Waals surface area contributed by atoms with E-state index in [0.29, 0.717) is 5.69 Å². The molecule has 8 nitrogen and oxygen atoms in total. The van der Waals surface area contributed by atoms with E-state index < -0.39 is 29.1 Å². The second kappa shape index (κ2) is 8.71. The molecule has 1 amide bonds. The van der Waals surface area contributed by atoms with Crippen LogP contribution in [0.1, 0.15) is 23.2 Å². The Morgan fingerprint density at radius 1 is 1.14 bits per heavy atom. The normalized spacial score (nSPS) is 13.2. The molecule has 0 aliphatic carbocycles. The van der Waals surface area contributed by atoms with E-state index in [1.165, 1.54) is 18.9 Å². The highest BCUT2D eigenvalue weighted by Crippen LogP contribution is 2.24. The molecule has 146 valence electrons. The van der Waals surface area contributed by atoms with Gasteiger partial charge in [-0.2, -0.15) is 0 Å². The molecule has 1 heterocycles. The van der Waals surface area contributed by atoms with Crippen LogP contribution in [0.2, 0.25) is 5.02 Å². The number of nitro benzene ring substituents is 1. The lowest BCUT2D eigenvalue weighted by Crippen LogP contribution is -2.21. The minimum Gasteiger partial charge on any atom is -0.452 e. The van der Waals surface area contributed by atoms with Gasteiger partial charge >= 0.3 is 5.97 Å². The van der Waals surface area contributed by atoms with Crippen molar-refractivity contribution in [1.29, 1.82) is 0 Å². The Labute approximate surface area is 166 Å². The molecule has 0 radical (unpaired) electrons. The highest BCUT2D eigenvalue weighted by atomic mass is 35.5. The molecule has 0 unspecified atom stereocenters. The Morgan fingerprint density at radius 3 is 2.46 bits per heavy atom. The van der Waals surface area contributed by atoms with Gasteiger partial charge in [-0.15, -0.1) is 0 Å². The number of nitrogens with one attached hydrogen (secondary N) is 1. The molecular formula is C19H18ClN3O5. The number of nitro groups is 1. The molecule has 1 saturated heterocycles. The van der Waals surface area contributed by atoms with Crippen LogP contribution in [0.15, 0.2) is 42.5 Å². The number of hydrogen-bond acceptors (Lipinski definition) is 6. The van der Waals surface area contributed by atoms with Crippen molar-refractivity contribution in [2.45, 2.75) is 12.8 Å². The van der Waals surface area contributed by atoms with Crippen molar-refractivity contribution in [3.63, 3.8) is 0 Å². The van der Waals surface area contributed by atoms with Gasteiger partial charge in [0.15, 0.2) is 6.61 Å². The first-order valence-corrected chi connectivity index (χ1v) is 9.08. The smallest absolute Gasteiger partial charge is 0.345 e. The summed E-state index contributed by atoms with van der Waals surface area (Å²) in [5.74, 6) is -1.54. The van der Waals surface area contributed by atoms with Gasteiger partial charge in [0.25, 0.3) is 11.6 Å². The highest BCUT2D eigenvalue weighted by molar-refractivity contribution is 6.31. The number of anilines is 2. The predicted molar refractivity (Wildman–Crippen MR) is 105 cm³/mol. The molecule has 3 rings (SSSR count). The summed E-state index contributed by atoms with van der Waals surface area (Å²) in [5.41, 5.74) is 0.917. The van der Waals surface area contributed by atoms with Crippen LogP contribution in [0, 0.1) is 10.1 Å². The maximum absolute atomic E-state index is 12.1. The summed E-state index contributed by atoms with van der Waals surface area (Å²) >= 11 is 5.78. The zero-order valence-electron chi connectivity index (χ0n) is 14.9. The average molecular weight is 404 g/mol. The first kappa shape index (κ1) is 19.6. The number of benzene rings is 2. The van der Waals surface area contributed by atoms with Gasteiger partial charge in [0.1, 0.15) is 5.56 Å². The molecule has 0 saturated carbocycles. The molecule has 1 fully saturated rings. The van der Waals surface area contributed by atoms with E-state index in [4.69, 9.17) is 16.3 Å². The van der Waals surface area contributed by atoms with Crippen molar-refractivity contribution < 1.29 is 19.2 Å². The molecule has 28 heavy (non-hydrogen) atoms. The number of carbonyl (C=O) groups is 2. The number of ether oxygens (including phenoxy) is 1. The fourth-order valence-corrected chi connectivity index (χ4v) is 3.14. The van der Waals surface area contributed by atoms with Crippen LogP contribution < -0.4 is 10.2 Å². The summed E-state index contributed by atoms with van der Waals surface area (Å²) in [6.07, 6.45) is 2.35. The van der Waals surface area contributed by atoms with E-state index in [1.807, 2.05) is 12.1 Å². The Balaban J connectivity index is 1.56. The largest absolute Gasteiger partial charge is 0.452 e. The highest BCUT2D eigenvalue weighted by Gasteiger charge is 2.22.